The van der Waals surface area contributed by atoms with E-state index in [4.69, 9.17) is 8.94 Å². The van der Waals surface area contributed by atoms with Crippen molar-refractivity contribution in [2.45, 2.75) is 217 Å². The third-order valence-corrected chi connectivity index (χ3v) is 12.8. The van der Waals surface area contributed by atoms with Crippen LogP contribution in [0.2, 0.25) is 0 Å². The van der Waals surface area contributed by atoms with E-state index in [9.17, 15) is 0 Å². The number of aromatic nitrogens is 11. The zero-order valence-electron chi connectivity index (χ0n) is 58.1. The first kappa shape index (κ1) is 82.3. The summed E-state index contributed by atoms with van der Waals surface area (Å²) in [5, 5.41) is 18.4. The number of benzene rings is 4. The van der Waals surface area contributed by atoms with E-state index in [1.54, 1.807) is 35.9 Å². The largest absolute Gasteiger partial charge is 0.440 e. The summed E-state index contributed by atoms with van der Waals surface area (Å²) in [7, 11) is 0. The minimum Gasteiger partial charge on any atom is -0.440 e. The molecule has 478 valence electrons. The summed E-state index contributed by atoms with van der Waals surface area (Å²) < 4.78 is 15.7. The molecule has 0 N–H and O–H groups in total. The Labute approximate surface area is 537 Å². The lowest BCUT2D eigenvalue weighted by Gasteiger charge is -1.94. The molecule has 0 aliphatic heterocycles. The number of nitrogens with zero attached hydrogens (tertiary/aromatic N) is 11. The molecular formula is C71H109N11O2S3. The Hall–Kier alpha value is -6.75. The Morgan fingerprint density at radius 2 is 0.908 bits per heavy atom. The van der Waals surface area contributed by atoms with Crippen molar-refractivity contribution in [3.63, 3.8) is 0 Å². The second-order valence-corrected chi connectivity index (χ2v) is 24.3. The summed E-state index contributed by atoms with van der Waals surface area (Å²) in [4.78, 5) is 29.3. The van der Waals surface area contributed by atoms with Gasteiger partial charge >= 0.3 is 0 Å². The van der Waals surface area contributed by atoms with Gasteiger partial charge in [0.25, 0.3) is 0 Å². The van der Waals surface area contributed by atoms with E-state index in [0.717, 1.165) is 77.4 Å². The summed E-state index contributed by atoms with van der Waals surface area (Å²) in [5.41, 5.74) is 5.01. The topological polar surface area (TPSA) is 168 Å². The zero-order chi connectivity index (χ0) is 66.4. The van der Waals surface area contributed by atoms with Gasteiger partial charge in [0, 0.05) is 59.7 Å². The minimum atomic E-state index is 0.359. The van der Waals surface area contributed by atoms with E-state index in [0.29, 0.717) is 35.5 Å². The first-order valence-corrected chi connectivity index (χ1v) is 33.5. The molecule has 0 radical (unpaired) electrons. The second kappa shape index (κ2) is 49.3. The second-order valence-electron chi connectivity index (χ2n) is 21.1. The molecule has 0 unspecified atom stereocenters. The quantitative estimate of drug-likeness (QED) is 0.160. The van der Waals surface area contributed by atoms with Crippen LogP contribution in [-0.2, 0) is 0 Å². The van der Waals surface area contributed by atoms with Gasteiger partial charge in [0.2, 0.25) is 5.89 Å². The van der Waals surface area contributed by atoms with Gasteiger partial charge in [-0.15, -0.1) is 32.9 Å². The van der Waals surface area contributed by atoms with E-state index in [1.807, 2.05) is 174 Å². The summed E-state index contributed by atoms with van der Waals surface area (Å²) >= 11 is 4.94. The van der Waals surface area contributed by atoms with Gasteiger partial charge in [-0.3, -0.25) is 4.98 Å². The number of para-hydroxylation sites is 5. The Kier molecular flexibility index (Phi) is 46.6. The van der Waals surface area contributed by atoms with Crippen molar-refractivity contribution >= 4 is 77.3 Å². The number of pyridine rings is 1. The molecule has 0 aliphatic rings. The van der Waals surface area contributed by atoms with Gasteiger partial charge in [-0.1, -0.05) is 238 Å². The highest BCUT2D eigenvalue weighted by Gasteiger charge is 2.09. The van der Waals surface area contributed by atoms with Crippen molar-refractivity contribution in [1.29, 1.82) is 0 Å². The molecule has 0 amide bonds. The maximum Gasteiger partial charge on any atom is 0.223 e. The van der Waals surface area contributed by atoms with Crippen LogP contribution in [0.5, 0.6) is 0 Å². The van der Waals surface area contributed by atoms with Crippen LogP contribution in [-0.4, -0.2) is 54.6 Å². The number of aryl methyl sites for hydroxylation is 3. The predicted molar refractivity (Wildman–Crippen MR) is 380 cm³/mol. The standard InChI is InChI=1S/C10H11NO.C10H11NS.C9H7N.C8H6N2.C6H10N2O.2C6H10N2S.2C4H10.4C2H6/c2*1-7(2)10-11-8-5-3-4-6-9(8)12-10;1-2-6-9-8(4-1)5-3-7-10-9;1-2-4-8-7(3-1)5-9-6-10-8;1-4(2)6-7-5(3)9-8-6;1-4(2)6-8-7-5(3)9-6;1-4(2)6-7-5(3)9-8-6;2*1-4(2)3;4*1-2/h2*3-7H,1-2H3;1-7H;1-6H;3*4H,1-3H3;2*4H,1-3H3;4*1-2H3. The van der Waals surface area contributed by atoms with Gasteiger partial charge in [-0.05, 0) is 79.7 Å². The van der Waals surface area contributed by atoms with Crippen molar-refractivity contribution in [3.05, 3.63) is 171 Å². The average molecular weight is 1240 g/mol. The highest BCUT2D eigenvalue weighted by Crippen LogP contribution is 2.27. The number of fused-ring (bicyclic) bond motifs is 4. The summed E-state index contributed by atoms with van der Waals surface area (Å²) in [6.07, 6.45) is 5.17. The summed E-state index contributed by atoms with van der Waals surface area (Å²) in [6, 6.07) is 36.1. The molecule has 7 aromatic heterocycles. The molecule has 0 saturated carbocycles. The lowest BCUT2D eigenvalue weighted by atomic mass is 10.2. The van der Waals surface area contributed by atoms with Gasteiger partial charge in [-0.2, -0.15) is 9.36 Å². The predicted octanol–water partition coefficient (Wildman–Crippen LogP) is 23.1. The monoisotopic (exact) mass is 1240 g/mol. The van der Waals surface area contributed by atoms with E-state index < -0.39 is 0 Å². The van der Waals surface area contributed by atoms with Gasteiger partial charge in [0.15, 0.2) is 17.3 Å². The molecule has 0 fully saturated rings. The molecule has 0 bridgehead atoms. The molecular weight excluding hydrogens is 1140 g/mol. The highest BCUT2D eigenvalue weighted by atomic mass is 32.1. The number of rotatable bonds is 5. The fourth-order valence-corrected chi connectivity index (χ4v) is 8.14. The van der Waals surface area contributed by atoms with Crippen molar-refractivity contribution in [1.82, 2.24) is 54.6 Å². The summed E-state index contributed by atoms with van der Waals surface area (Å²) in [6.45, 7) is 55.8. The van der Waals surface area contributed by atoms with Crippen molar-refractivity contribution in [2.24, 2.45) is 11.8 Å². The molecule has 16 heteroatoms. The Bertz CT molecular complexity index is 2890. The normalized spacial score (nSPS) is 9.82. The minimum absolute atomic E-state index is 0.359. The Morgan fingerprint density at radius 3 is 1.31 bits per heavy atom. The van der Waals surface area contributed by atoms with E-state index in [1.165, 1.54) is 26.6 Å². The molecule has 0 aliphatic carbocycles. The SMILES string of the molecule is CC.CC.CC.CC.CC(C)C.CC(C)C.CC(C)c1nc2ccccc2o1.CC(C)c1nc2ccccc2s1.Cc1nc(C(C)C)no1.Cc1nc(C(C)C)ns1.Cc1nnc(C(C)C)s1.c1ccc2ncccc2c1.c1ccc2ncncc2c1. The first-order chi connectivity index (χ1) is 41.5. The number of hydrogen-bond donors (Lipinski definition) is 0. The van der Waals surface area contributed by atoms with Crippen LogP contribution in [0.1, 0.15) is 239 Å². The van der Waals surface area contributed by atoms with Crippen molar-refractivity contribution < 1.29 is 8.94 Å². The fraction of sp³-hybridized carbons (Fsp3) is 0.479. The molecule has 13 nitrogen and oxygen atoms in total. The number of oxazole rings is 1. The van der Waals surface area contributed by atoms with E-state index in [2.05, 4.69) is 182 Å². The smallest absolute Gasteiger partial charge is 0.223 e. The summed E-state index contributed by atoms with van der Waals surface area (Å²) in [5.74, 6) is 7.13. The highest BCUT2D eigenvalue weighted by molar-refractivity contribution is 7.18. The molecule has 0 spiro atoms. The maximum atomic E-state index is 5.52. The van der Waals surface area contributed by atoms with E-state index in [-0.39, 0.29) is 0 Å². The number of thiazole rings is 1. The average Bonchev–Trinajstić information content (AvgIpc) is 4.37. The molecule has 0 atom stereocenters. The van der Waals surface area contributed by atoms with E-state index >= 15 is 0 Å². The van der Waals surface area contributed by atoms with Gasteiger partial charge in [0.05, 0.1) is 26.3 Å². The van der Waals surface area contributed by atoms with Crippen molar-refractivity contribution in [3.8, 4) is 0 Å². The Balaban J connectivity index is 0. The van der Waals surface area contributed by atoms with Crippen LogP contribution in [0.25, 0.3) is 43.1 Å². The molecule has 4 aromatic carbocycles. The van der Waals surface area contributed by atoms with Gasteiger partial charge < -0.3 is 8.94 Å². The first-order valence-electron chi connectivity index (χ1n) is 31.1. The van der Waals surface area contributed by atoms with Crippen LogP contribution in [0.3, 0.4) is 0 Å². The molecule has 0 saturated heterocycles. The Morgan fingerprint density at radius 1 is 0.414 bits per heavy atom. The van der Waals surface area contributed by atoms with Crippen LogP contribution in [0.15, 0.2) is 137 Å². The van der Waals surface area contributed by atoms with Crippen molar-refractivity contribution in [2.75, 3.05) is 0 Å². The molecule has 11 aromatic rings. The maximum absolute atomic E-state index is 5.52. The third kappa shape index (κ3) is 36.2. The fourth-order valence-electron chi connectivity index (χ4n) is 5.86. The molecule has 7 heterocycles. The van der Waals surface area contributed by atoms with Crippen LogP contribution in [0.4, 0.5) is 0 Å². The van der Waals surface area contributed by atoms with Crippen LogP contribution in [0, 0.1) is 32.6 Å². The van der Waals surface area contributed by atoms with Gasteiger partial charge in [0.1, 0.15) is 32.7 Å². The van der Waals surface area contributed by atoms with Gasteiger partial charge in [-0.25, -0.2) is 24.9 Å². The molecule has 11 rings (SSSR count). The number of hydrogen-bond acceptors (Lipinski definition) is 16. The van der Waals surface area contributed by atoms with Crippen LogP contribution < -0.4 is 0 Å². The third-order valence-electron chi connectivity index (χ3n) is 9.69. The van der Waals surface area contributed by atoms with Crippen LogP contribution >= 0.6 is 34.2 Å². The lowest BCUT2D eigenvalue weighted by molar-refractivity contribution is 0.385. The molecule has 87 heavy (non-hydrogen) atoms. The lowest BCUT2D eigenvalue weighted by Crippen LogP contribution is -1.88. The zero-order valence-corrected chi connectivity index (χ0v) is 60.6.